The van der Waals surface area contributed by atoms with Crippen molar-refractivity contribution in [3.05, 3.63) is 29.8 Å². The zero-order valence-electron chi connectivity index (χ0n) is 22.6. The maximum Gasteiger partial charge on any atom is 0.411 e. The Morgan fingerprint density at radius 3 is 2.41 bits per heavy atom. The van der Waals surface area contributed by atoms with Crippen molar-refractivity contribution in [1.82, 2.24) is 15.5 Å². The van der Waals surface area contributed by atoms with Crippen LogP contribution in [0.5, 0.6) is 5.75 Å². The molecular formula is C27H41N3O5S2. The first-order chi connectivity index (χ1) is 17.5. The first-order valence-electron chi connectivity index (χ1n) is 13.1. The second kappa shape index (κ2) is 13.0. The van der Waals surface area contributed by atoms with Crippen LogP contribution in [0.1, 0.15) is 65.4 Å². The highest BCUT2D eigenvalue weighted by atomic mass is 32.2. The van der Waals surface area contributed by atoms with E-state index in [4.69, 9.17) is 21.7 Å². The number of nitrogens with one attached hydrogen (secondary N) is 2. The van der Waals surface area contributed by atoms with Gasteiger partial charge in [0, 0.05) is 18.8 Å². The average Bonchev–Trinajstić information content (AvgIpc) is 3.26. The predicted molar refractivity (Wildman–Crippen MR) is 150 cm³/mol. The van der Waals surface area contributed by atoms with E-state index in [2.05, 4.69) is 17.6 Å². The van der Waals surface area contributed by atoms with Gasteiger partial charge in [0.2, 0.25) is 0 Å². The van der Waals surface area contributed by atoms with Crippen LogP contribution < -0.4 is 15.4 Å². The Balaban J connectivity index is 1.75. The molecule has 1 aromatic carbocycles. The van der Waals surface area contributed by atoms with Crippen molar-refractivity contribution in [2.75, 3.05) is 19.4 Å². The van der Waals surface area contributed by atoms with Gasteiger partial charge in [-0.1, -0.05) is 63.4 Å². The Bertz CT molecular complexity index is 973. The van der Waals surface area contributed by atoms with Crippen LogP contribution >= 0.6 is 12.2 Å². The highest BCUT2D eigenvalue weighted by molar-refractivity contribution is 7.86. The van der Waals surface area contributed by atoms with Gasteiger partial charge in [0.15, 0.2) is 5.37 Å². The van der Waals surface area contributed by atoms with E-state index in [9.17, 15) is 13.8 Å². The summed E-state index contributed by atoms with van der Waals surface area (Å²) in [6.07, 6.45) is 5.12. The number of methoxy groups -OCH3 is 1. The van der Waals surface area contributed by atoms with Gasteiger partial charge < -0.3 is 20.1 Å². The number of hydrogen-bond acceptors (Lipinski definition) is 6. The van der Waals surface area contributed by atoms with Crippen LogP contribution in [0.25, 0.3) is 0 Å². The number of benzene rings is 1. The molecule has 0 spiro atoms. The zero-order chi connectivity index (χ0) is 27.2. The van der Waals surface area contributed by atoms with E-state index < -0.39 is 39.8 Å². The summed E-state index contributed by atoms with van der Waals surface area (Å²) in [5.74, 6) is 1.07. The summed E-state index contributed by atoms with van der Waals surface area (Å²) in [5.41, 5.74) is 0.319. The van der Waals surface area contributed by atoms with Crippen LogP contribution in [0.4, 0.5) is 4.79 Å². The van der Waals surface area contributed by atoms with E-state index in [1.54, 1.807) is 27.9 Å². The molecule has 4 atom stereocenters. The third kappa shape index (κ3) is 8.14. The number of carbonyl (C=O) groups is 2. The molecule has 206 valence electrons. The minimum absolute atomic E-state index is 0.0879. The van der Waals surface area contributed by atoms with Gasteiger partial charge in [-0.3, -0.25) is 13.9 Å². The van der Waals surface area contributed by atoms with Gasteiger partial charge in [0.05, 0.1) is 28.9 Å². The van der Waals surface area contributed by atoms with Crippen LogP contribution in [0.3, 0.4) is 0 Å². The molecule has 1 aliphatic heterocycles. The van der Waals surface area contributed by atoms with Gasteiger partial charge in [-0.25, -0.2) is 4.79 Å². The van der Waals surface area contributed by atoms with Crippen LogP contribution in [0, 0.1) is 11.8 Å². The molecule has 10 heteroatoms. The number of rotatable bonds is 8. The number of amides is 2. The van der Waals surface area contributed by atoms with Gasteiger partial charge in [0.1, 0.15) is 11.4 Å². The topological polar surface area (TPSA) is 97.0 Å². The normalized spacial score (nSPS) is 22.1. The lowest BCUT2D eigenvalue weighted by molar-refractivity contribution is -0.124. The summed E-state index contributed by atoms with van der Waals surface area (Å²) >= 11 is 5.81. The molecule has 1 heterocycles. The first kappa shape index (κ1) is 29.4. The maximum atomic E-state index is 13.5. The lowest BCUT2D eigenvalue weighted by Gasteiger charge is -2.35. The zero-order valence-corrected chi connectivity index (χ0v) is 24.2. The van der Waals surface area contributed by atoms with Crippen molar-refractivity contribution in [3.63, 3.8) is 0 Å². The van der Waals surface area contributed by atoms with Crippen molar-refractivity contribution in [1.29, 1.82) is 0 Å². The van der Waals surface area contributed by atoms with E-state index in [0.29, 0.717) is 17.5 Å². The van der Waals surface area contributed by atoms with Gasteiger partial charge >= 0.3 is 6.09 Å². The Morgan fingerprint density at radius 2 is 1.81 bits per heavy atom. The maximum absolute atomic E-state index is 13.5. The van der Waals surface area contributed by atoms with Gasteiger partial charge in [-0.05, 0) is 50.3 Å². The summed E-state index contributed by atoms with van der Waals surface area (Å²) in [6.45, 7) is 8.14. The summed E-state index contributed by atoms with van der Waals surface area (Å²) in [7, 11) is 0.112. The van der Waals surface area contributed by atoms with E-state index in [1.807, 2.05) is 24.3 Å². The highest BCUT2D eigenvalue weighted by Gasteiger charge is 2.43. The lowest BCUT2D eigenvalue weighted by Crippen LogP contribution is -2.56. The molecular weight excluding hydrogens is 510 g/mol. The third-order valence-electron chi connectivity index (χ3n) is 7.04. The Hall–Kier alpha value is -2.20. The molecule has 1 aliphatic carbocycles. The molecule has 2 N–H and O–H groups in total. The van der Waals surface area contributed by atoms with Crippen molar-refractivity contribution < 1.29 is 23.3 Å². The van der Waals surface area contributed by atoms with Crippen molar-refractivity contribution in [3.8, 4) is 5.75 Å². The van der Waals surface area contributed by atoms with Gasteiger partial charge in [-0.2, -0.15) is 0 Å². The van der Waals surface area contributed by atoms with Crippen molar-refractivity contribution >= 4 is 40.0 Å². The molecule has 1 saturated carbocycles. The fourth-order valence-corrected chi connectivity index (χ4v) is 6.69. The number of nitrogens with zero attached hydrogens (tertiary/aromatic N) is 1. The first-order valence-corrected chi connectivity index (χ1v) is 14.9. The SMILES string of the molecule is COc1ccc(CNC(=S)[C@H](NC(=O)[C@@H]2N(C(=O)OC(C)(C)C)CC[S@]2=O)C(C)C2CCCCC2)cc1. The number of hydrogen-bond donors (Lipinski definition) is 2. The number of thiocarbonyl (C=S) groups is 1. The summed E-state index contributed by atoms with van der Waals surface area (Å²) in [4.78, 5) is 28.1. The van der Waals surface area contributed by atoms with Crippen LogP contribution in [0.15, 0.2) is 24.3 Å². The minimum atomic E-state index is -1.52. The fourth-order valence-electron chi connectivity index (χ4n) is 4.96. The second-order valence-electron chi connectivity index (χ2n) is 10.9. The Morgan fingerprint density at radius 1 is 1.16 bits per heavy atom. The molecule has 1 unspecified atom stereocenters. The van der Waals surface area contributed by atoms with E-state index in [1.165, 1.54) is 24.2 Å². The monoisotopic (exact) mass is 551 g/mol. The minimum Gasteiger partial charge on any atom is -0.497 e. The molecule has 37 heavy (non-hydrogen) atoms. The van der Waals surface area contributed by atoms with E-state index in [0.717, 1.165) is 24.2 Å². The molecule has 0 aromatic heterocycles. The Kier molecular flexibility index (Phi) is 10.3. The number of ether oxygens (including phenoxy) is 2. The summed E-state index contributed by atoms with van der Waals surface area (Å²) in [5, 5.41) is 5.31. The second-order valence-corrected chi connectivity index (χ2v) is 13.0. The summed E-state index contributed by atoms with van der Waals surface area (Å²) < 4.78 is 23.5. The molecule has 2 fully saturated rings. The Labute approximate surface area is 228 Å². The van der Waals surface area contributed by atoms with E-state index >= 15 is 0 Å². The highest BCUT2D eigenvalue weighted by Crippen LogP contribution is 2.32. The molecule has 1 saturated heterocycles. The van der Waals surface area contributed by atoms with Crippen molar-refractivity contribution in [2.24, 2.45) is 11.8 Å². The fraction of sp³-hybridized carbons (Fsp3) is 0.667. The van der Waals surface area contributed by atoms with Crippen molar-refractivity contribution in [2.45, 2.75) is 83.4 Å². The predicted octanol–water partition coefficient (Wildman–Crippen LogP) is 4.14. The smallest absolute Gasteiger partial charge is 0.411 e. The lowest BCUT2D eigenvalue weighted by atomic mass is 9.77. The van der Waals surface area contributed by atoms with Crippen LogP contribution in [-0.2, 0) is 26.9 Å². The van der Waals surface area contributed by atoms with E-state index in [-0.39, 0.29) is 18.2 Å². The van der Waals surface area contributed by atoms with Gasteiger partial charge in [-0.15, -0.1) is 0 Å². The average molecular weight is 552 g/mol. The molecule has 0 radical (unpaired) electrons. The molecule has 2 amide bonds. The quantitative estimate of drug-likeness (QED) is 0.469. The molecule has 8 nitrogen and oxygen atoms in total. The third-order valence-corrected chi connectivity index (χ3v) is 8.99. The molecule has 0 bridgehead atoms. The molecule has 1 aromatic rings. The number of carbonyl (C=O) groups excluding carboxylic acids is 2. The van der Waals surface area contributed by atoms with Crippen LogP contribution in [-0.4, -0.2) is 62.5 Å². The van der Waals surface area contributed by atoms with Crippen LogP contribution in [0.2, 0.25) is 0 Å². The standard InChI is InChI=1S/C27H41N3O5S2/c1-18(20-9-7-6-8-10-20)22(24(36)28-17-19-11-13-21(34-5)14-12-19)29-23(31)25-30(15-16-37(25)33)26(32)35-27(2,3)4/h11-14,18,20,22,25H,6-10,15-17H2,1-5H3,(H,28,36)(H,29,31)/t18?,22-,25-,37-/m1/s1. The molecule has 2 aliphatic rings. The summed E-state index contributed by atoms with van der Waals surface area (Å²) in [6, 6.07) is 7.27. The largest absolute Gasteiger partial charge is 0.497 e. The van der Waals surface area contributed by atoms with Gasteiger partial charge in [0.25, 0.3) is 5.91 Å². The molecule has 3 rings (SSSR count).